The number of nitrogens with one attached hydrogen (secondary N) is 3. The van der Waals surface area contributed by atoms with Crippen LogP contribution < -0.4 is 16.0 Å². The predicted octanol–water partition coefficient (Wildman–Crippen LogP) is 5.35. The van der Waals surface area contributed by atoms with Crippen LogP contribution in [0.3, 0.4) is 0 Å². The molecule has 0 bridgehead atoms. The fourth-order valence-electron chi connectivity index (χ4n) is 3.39. The lowest BCUT2D eigenvalue weighted by atomic mass is 9.85. The van der Waals surface area contributed by atoms with E-state index in [4.69, 9.17) is 0 Å². The summed E-state index contributed by atoms with van der Waals surface area (Å²) >= 11 is 1.26. The van der Waals surface area contributed by atoms with Gasteiger partial charge < -0.3 is 16.0 Å². The molecule has 2 aromatic carbocycles. The van der Waals surface area contributed by atoms with Crippen LogP contribution in [0.15, 0.2) is 54.7 Å². The van der Waals surface area contributed by atoms with Gasteiger partial charge in [-0.05, 0) is 62.2 Å². The molecule has 4 rings (SSSR count). The van der Waals surface area contributed by atoms with Crippen LogP contribution in [-0.2, 0) is 5.41 Å². The van der Waals surface area contributed by atoms with Crippen LogP contribution >= 0.6 is 11.3 Å². The molecular formula is C26H24N6O2S. The second-order valence-electron chi connectivity index (χ2n) is 8.56. The zero-order chi connectivity index (χ0) is 25.2. The fraction of sp³-hybridized carbons (Fsp3) is 0.192. The second kappa shape index (κ2) is 9.52. The molecule has 35 heavy (non-hydrogen) atoms. The third-order valence-electron chi connectivity index (χ3n) is 5.59. The van der Waals surface area contributed by atoms with Crippen molar-refractivity contribution in [3.63, 3.8) is 0 Å². The van der Waals surface area contributed by atoms with Crippen molar-refractivity contribution in [2.45, 2.75) is 26.2 Å². The molecule has 0 aliphatic carbocycles. The van der Waals surface area contributed by atoms with E-state index in [9.17, 15) is 14.9 Å². The average molecular weight is 485 g/mol. The van der Waals surface area contributed by atoms with Gasteiger partial charge in [0.25, 0.3) is 11.8 Å². The zero-order valence-electron chi connectivity index (χ0n) is 19.8. The first-order valence-corrected chi connectivity index (χ1v) is 11.7. The number of aryl methyl sites for hydroxylation is 1. The number of benzene rings is 2. The summed E-state index contributed by atoms with van der Waals surface area (Å²) in [5, 5.41) is 18.1. The van der Waals surface area contributed by atoms with Crippen LogP contribution in [0, 0.1) is 18.3 Å². The van der Waals surface area contributed by atoms with Crippen molar-refractivity contribution >= 4 is 50.7 Å². The number of hydrogen-bond donors (Lipinski definition) is 3. The standard InChI is InChI=1S/C26H24N6O2S/c1-15-8-9-18(30-23(33)16-6-5-7-17(10-16)26(2,3)14-27)11-19(15)32-24(34)21-12-20-25(35-21)29-13-22(28-4)31-20/h5-13H,1-4H3,(H,28,31)(H,30,33)(H,32,34). The Kier molecular flexibility index (Phi) is 6.49. The van der Waals surface area contributed by atoms with Gasteiger partial charge >= 0.3 is 0 Å². The van der Waals surface area contributed by atoms with Crippen molar-refractivity contribution in [2.24, 2.45) is 0 Å². The smallest absolute Gasteiger partial charge is 0.265 e. The summed E-state index contributed by atoms with van der Waals surface area (Å²) in [6.07, 6.45) is 1.62. The summed E-state index contributed by atoms with van der Waals surface area (Å²) in [6.45, 7) is 5.49. The fourth-order valence-corrected chi connectivity index (χ4v) is 4.23. The highest BCUT2D eigenvalue weighted by atomic mass is 32.1. The number of thiophene rings is 1. The Morgan fingerprint density at radius 3 is 2.60 bits per heavy atom. The number of carbonyl (C=O) groups excluding carboxylic acids is 2. The van der Waals surface area contributed by atoms with Crippen molar-refractivity contribution in [3.8, 4) is 6.07 Å². The molecule has 0 aliphatic rings. The minimum atomic E-state index is -0.705. The van der Waals surface area contributed by atoms with E-state index >= 15 is 0 Å². The maximum absolute atomic E-state index is 12.9. The molecule has 4 aromatic rings. The van der Waals surface area contributed by atoms with E-state index in [-0.39, 0.29) is 11.8 Å². The van der Waals surface area contributed by atoms with E-state index in [2.05, 4.69) is 32.0 Å². The molecular weight excluding hydrogens is 460 g/mol. The minimum Gasteiger partial charge on any atom is -0.372 e. The van der Waals surface area contributed by atoms with E-state index in [0.29, 0.717) is 38.0 Å². The molecule has 176 valence electrons. The molecule has 0 radical (unpaired) electrons. The second-order valence-corrected chi connectivity index (χ2v) is 9.59. The third kappa shape index (κ3) is 5.13. The van der Waals surface area contributed by atoms with Gasteiger partial charge in [-0.3, -0.25) is 9.59 Å². The van der Waals surface area contributed by atoms with E-state index in [1.54, 1.807) is 63.5 Å². The van der Waals surface area contributed by atoms with Crippen molar-refractivity contribution in [2.75, 3.05) is 23.0 Å². The number of carbonyl (C=O) groups is 2. The van der Waals surface area contributed by atoms with E-state index in [0.717, 1.165) is 11.1 Å². The van der Waals surface area contributed by atoms with Crippen molar-refractivity contribution in [3.05, 3.63) is 76.3 Å². The lowest BCUT2D eigenvalue weighted by molar-refractivity contribution is 0.102. The van der Waals surface area contributed by atoms with Crippen LogP contribution in [0.2, 0.25) is 0 Å². The van der Waals surface area contributed by atoms with Crippen LogP contribution in [0.1, 0.15) is 45.0 Å². The molecule has 0 fully saturated rings. The number of rotatable bonds is 6. The van der Waals surface area contributed by atoms with Crippen LogP contribution in [0.4, 0.5) is 17.2 Å². The van der Waals surface area contributed by atoms with Gasteiger partial charge in [-0.1, -0.05) is 18.2 Å². The monoisotopic (exact) mass is 484 g/mol. The normalized spacial score (nSPS) is 11.1. The summed E-state index contributed by atoms with van der Waals surface area (Å²) in [7, 11) is 1.76. The van der Waals surface area contributed by atoms with Crippen LogP contribution in [-0.4, -0.2) is 28.8 Å². The first kappa shape index (κ1) is 23.9. The molecule has 3 N–H and O–H groups in total. The van der Waals surface area contributed by atoms with Crippen LogP contribution in [0.5, 0.6) is 0 Å². The largest absolute Gasteiger partial charge is 0.372 e. The topological polar surface area (TPSA) is 120 Å². The molecule has 9 heteroatoms. The Balaban J connectivity index is 1.52. The number of nitrogens with zero attached hydrogens (tertiary/aromatic N) is 3. The summed E-state index contributed by atoms with van der Waals surface area (Å²) in [5.74, 6) is 0.0470. The number of aromatic nitrogens is 2. The SMILES string of the molecule is CNc1cnc2sc(C(=O)Nc3cc(NC(=O)c4cccc(C(C)(C)C#N)c4)ccc3C)cc2n1. The van der Waals surface area contributed by atoms with Gasteiger partial charge in [0.15, 0.2) is 0 Å². The first-order valence-electron chi connectivity index (χ1n) is 10.9. The van der Waals surface area contributed by atoms with Crippen molar-refractivity contribution < 1.29 is 9.59 Å². The highest BCUT2D eigenvalue weighted by Gasteiger charge is 2.21. The van der Waals surface area contributed by atoms with Gasteiger partial charge in [-0.2, -0.15) is 5.26 Å². The summed E-state index contributed by atoms with van der Waals surface area (Å²) in [4.78, 5) is 35.7. The third-order valence-corrected chi connectivity index (χ3v) is 6.62. The lowest BCUT2D eigenvalue weighted by Gasteiger charge is -2.16. The molecule has 0 saturated carbocycles. The van der Waals surface area contributed by atoms with Gasteiger partial charge in [0, 0.05) is 24.0 Å². The van der Waals surface area contributed by atoms with Crippen LogP contribution in [0.25, 0.3) is 10.3 Å². The number of nitriles is 1. The maximum Gasteiger partial charge on any atom is 0.265 e. The summed E-state index contributed by atoms with van der Waals surface area (Å²) in [5.41, 5.74) is 3.13. The average Bonchev–Trinajstić information content (AvgIpc) is 3.29. The summed E-state index contributed by atoms with van der Waals surface area (Å²) < 4.78 is 0. The molecule has 0 aliphatic heterocycles. The highest BCUT2D eigenvalue weighted by Crippen LogP contribution is 2.27. The zero-order valence-corrected chi connectivity index (χ0v) is 20.6. The van der Waals surface area contributed by atoms with Gasteiger partial charge in [0.2, 0.25) is 0 Å². The lowest BCUT2D eigenvalue weighted by Crippen LogP contribution is -2.17. The van der Waals surface area contributed by atoms with E-state index in [1.165, 1.54) is 11.3 Å². The number of hydrogen-bond acceptors (Lipinski definition) is 7. The number of fused-ring (bicyclic) bond motifs is 1. The molecule has 0 saturated heterocycles. The Bertz CT molecular complexity index is 1480. The predicted molar refractivity (Wildman–Crippen MR) is 139 cm³/mol. The summed E-state index contributed by atoms with van der Waals surface area (Å²) in [6, 6.07) is 16.3. The van der Waals surface area contributed by atoms with Gasteiger partial charge in [0.1, 0.15) is 16.2 Å². The van der Waals surface area contributed by atoms with Crippen molar-refractivity contribution in [1.29, 1.82) is 5.26 Å². The quantitative estimate of drug-likeness (QED) is 0.339. The Hall–Kier alpha value is -4.29. The van der Waals surface area contributed by atoms with E-state index < -0.39 is 5.41 Å². The maximum atomic E-state index is 12.9. The highest BCUT2D eigenvalue weighted by molar-refractivity contribution is 7.20. The van der Waals surface area contributed by atoms with E-state index in [1.807, 2.05) is 19.1 Å². The molecule has 2 heterocycles. The van der Waals surface area contributed by atoms with Gasteiger partial charge in [-0.25, -0.2) is 9.97 Å². The minimum absolute atomic E-state index is 0.279. The number of amides is 2. The molecule has 0 atom stereocenters. The van der Waals surface area contributed by atoms with Crippen molar-refractivity contribution in [1.82, 2.24) is 9.97 Å². The molecule has 2 aromatic heterocycles. The molecule has 2 amide bonds. The number of anilines is 3. The molecule has 0 unspecified atom stereocenters. The Labute approximate surface area is 207 Å². The molecule has 8 nitrogen and oxygen atoms in total. The molecule has 0 spiro atoms. The first-order chi connectivity index (χ1) is 16.7. The Morgan fingerprint density at radius 1 is 1.06 bits per heavy atom. The van der Waals surface area contributed by atoms with Gasteiger partial charge in [0.05, 0.1) is 22.6 Å². The Morgan fingerprint density at radius 2 is 1.86 bits per heavy atom. The van der Waals surface area contributed by atoms with Gasteiger partial charge in [-0.15, -0.1) is 11.3 Å².